The van der Waals surface area contributed by atoms with Crippen LogP contribution in [0, 0.1) is 17.8 Å². The van der Waals surface area contributed by atoms with E-state index in [1.165, 1.54) is 23.1 Å². The number of aromatic amines is 1. The van der Waals surface area contributed by atoms with E-state index in [-0.39, 0.29) is 55.9 Å². The molecule has 450 valence electrons. The van der Waals surface area contributed by atoms with Crippen molar-refractivity contribution in [2.75, 3.05) is 52.9 Å². The van der Waals surface area contributed by atoms with Gasteiger partial charge in [-0.2, -0.15) is 0 Å². The molecule has 7 unspecified atom stereocenters. The van der Waals surface area contributed by atoms with E-state index >= 15 is 0 Å². The highest BCUT2D eigenvalue weighted by Gasteiger charge is 2.55. The Bertz CT molecular complexity index is 3430. The van der Waals surface area contributed by atoms with Gasteiger partial charge in [0.25, 0.3) is 0 Å². The second-order valence-electron chi connectivity index (χ2n) is 25.6. The van der Waals surface area contributed by atoms with E-state index in [9.17, 15) is 25.5 Å². The number of benzene rings is 5. The summed E-state index contributed by atoms with van der Waals surface area (Å²) >= 11 is 0. The van der Waals surface area contributed by atoms with Crippen molar-refractivity contribution in [3.05, 3.63) is 141 Å². The number of aryl methyl sites for hydroxylation is 2. The molecule has 0 amide bonds. The van der Waals surface area contributed by atoms with Gasteiger partial charge >= 0.3 is 0 Å². The quantitative estimate of drug-likeness (QED) is 0.0175. The maximum Gasteiger partial charge on any atom is 0.161 e. The summed E-state index contributed by atoms with van der Waals surface area (Å²) in [6, 6.07) is 27.0. The lowest BCUT2D eigenvalue weighted by atomic mass is 9.62. The van der Waals surface area contributed by atoms with Gasteiger partial charge in [-0.25, -0.2) is 0 Å². The molecule has 14 heteroatoms. The molecule has 6 aliphatic rings. The van der Waals surface area contributed by atoms with Crippen molar-refractivity contribution in [3.8, 4) is 51.7 Å². The Morgan fingerprint density at radius 3 is 2.55 bits per heavy atom. The van der Waals surface area contributed by atoms with Crippen LogP contribution in [0.1, 0.15) is 153 Å². The fourth-order valence-electron chi connectivity index (χ4n) is 15.0. The van der Waals surface area contributed by atoms with Crippen LogP contribution in [0.15, 0.2) is 90.6 Å². The van der Waals surface area contributed by atoms with Gasteiger partial charge in [0.05, 0.1) is 25.5 Å². The minimum Gasteiger partial charge on any atom is -0.507 e. The Hall–Kier alpha value is -6.38. The standard InChI is InChI=1S/C71H87N5O9/c1-44(2)37-70(3,81)41-73-42-75-62-20-10-11-31-82-61-35-49(33-48(66(61)80)17-13-30-77)69-71(62,83-43-76-51-18-8-5-9-19-51)38-58-55-36-57-63(47-21-25-59-46(32-47)27-29-74-59)50(39-72-28-12-16-45-14-6-4-7-15-45)34-56-60(79)26-24-53(64(56)57)65(55)68-54(67(58)85-69)23-22-52(40-78)84-68/h4,6-7,14-15,21,24-27,29,32-35,44,51-52,57,62-63,69,72-81H,5,8-9,11-13,16-19,22-23,28,30-31,36-43H2,1-3H3. The summed E-state index contributed by atoms with van der Waals surface area (Å²) in [5, 5.41) is 72.9. The summed E-state index contributed by atoms with van der Waals surface area (Å²) < 4.78 is 29.2. The predicted octanol–water partition coefficient (Wildman–Crippen LogP) is 10.3. The van der Waals surface area contributed by atoms with Gasteiger partial charge in [-0.3, -0.25) is 10.6 Å². The van der Waals surface area contributed by atoms with Gasteiger partial charge in [0.15, 0.2) is 17.6 Å². The minimum atomic E-state index is -1.26. The lowest BCUT2D eigenvalue weighted by Crippen LogP contribution is -2.62. The maximum atomic E-state index is 12.1. The summed E-state index contributed by atoms with van der Waals surface area (Å²) in [5.41, 5.74) is 10.8. The van der Waals surface area contributed by atoms with E-state index in [4.69, 9.17) is 18.9 Å². The fourth-order valence-corrected chi connectivity index (χ4v) is 15.0. The van der Waals surface area contributed by atoms with Crippen LogP contribution in [0.4, 0.5) is 0 Å². The number of hydrogen-bond donors (Lipinski definition) is 10. The highest BCUT2D eigenvalue weighted by atomic mass is 16.6. The van der Waals surface area contributed by atoms with E-state index in [2.05, 4.69) is 119 Å². The Balaban J connectivity index is 1.04. The molecule has 3 aliphatic heterocycles. The van der Waals surface area contributed by atoms with Crippen molar-refractivity contribution in [1.29, 1.82) is 0 Å². The lowest BCUT2D eigenvalue weighted by molar-refractivity contribution is -0.144. The highest BCUT2D eigenvalue weighted by Crippen LogP contribution is 2.62. The molecule has 85 heavy (non-hydrogen) atoms. The summed E-state index contributed by atoms with van der Waals surface area (Å²) in [6.45, 7) is 8.47. The number of fused-ring (bicyclic) bond motifs is 12. The molecule has 14 nitrogen and oxygen atoms in total. The molecule has 12 rings (SSSR count). The third-order valence-corrected chi connectivity index (χ3v) is 18.8. The molecule has 4 heterocycles. The second kappa shape index (κ2) is 25.9. The van der Waals surface area contributed by atoms with Crippen LogP contribution >= 0.6 is 0 Å². The van der Waals surface area contributed by atoms with E-state index in [1.807, 2.05) is 31.3 Å². The van der Waals surface area contributed by atoms with Crippen molar-refractivity contribution in [3.63, 3.8) is 0 Å². The normalized spacial score (nSPS) is 23.0. The molecule has 5 aromatic carbocycles. The number of aromatic hydroxyl groups is 2. The zero-order valence-electron chi connectivity index (χ0n) is 49.8. The van der Waals surface area contributed by atoms with Crippen LogP contribution < -0.4 is 35.5 Å². The van der Waals surface area contributed by atoms with Crippen LogP contribution in [0.5, 0.6) is 28.7 Å². The van der Waals surface area contributed by atoms with Gasteiger partial charge in [0.1, 0.15) is 35.0 Å². The topological polar surface area (TPSA) is 202 Å². The van der Waals surface area contributed by atoms with E-state index in [0.29, 0.717) is 94.1 Å². The Morgan fingerprint density at radius 2 is 1.73 bits per heavy atom. The highest BCUT2D eigenvalue weighted by molar-refractivity contribution is 5.90. The smallest absolute Gasteiger partial charge is 0.161 e. The molecule has 2 bridgehead atoms. The Morgan fingerprint density at radius 1 is 0.871 bits per heavy atom. The molecule has 0 radical (unpaired) electrons. The first-order valence-corrected chi connectivity index (χ1v) is 31.6. The molecular weight excluding hydrogens is 1070 g/mol. The molecular formula is C71H87N5O9. The van der Waals surface area contributed by atoms with Gasteiger partial charge in [-0.15, -0.1) is 0 Å². The lowest BCUT2D eigenvalue weighted by Gasteiger charge is -2.50. The zero-order chi connectivity index (χ0) is 58.7. The third-order valence-electron chi connectivity index (χ3n) is 18.8. The molecule has 1 saturated carbocycles. The van der Waals surface area contributed by atoms with Crippen molar-refractivity contribution in [2.45, 2.75) is 164 Å². The van der Waals surface area contributed by atoms with Gasteiger partial charge in [-0.05, 0) is 182 Å². The van der Waals surface area contributed by atoms with Crippen molar-refractivity contribution < 1.29 is 44.5 Å². The average molecular weight is 1150 g/mol. The number of hydrogen-bond acceptors (Lipinski definition) is 13. The zero-order valence-corrected chi connectivity index (χ0v) is 49.8. The SMILES string of the molecule is CC(C)CC(C)(O)CNCNC1C#CCCOc2cc(cc(CCCO)c2O)C2Oc3c(c4c(c5c3CCC(CO)O5)-c3ccc(O)c5c3C(C4)C(c3ccc4[nH]ccc4c3)C(CNCCCc3ccccc3)=C5)CC12OCNC1CCCCC1. The molecule has 1 fully saturated rings. The molecule has 10 N–H and O–H groups in total. The van der Waals surface area contributed by atoms with Crippen LogP contribution in [0.3, 0.4) is 0 Å². The number of phenolic OH excluding ortho intramolecular Hbond substituents is 2. The monoisotopic (exact) mass is 1150 g/mol. The summed E-state index contributed by atoms with van der Waals surface area (Å²) in [6.07, 6.45) is 14.4. The minimum absolute atomic E-state index is 0.0332. The van der Waals surface area contributed by atoms with Crippen molar-refractivity contribution in [2.24, 2.45) is 5.92 Å². The van der Waals surface area contributed by atoms with Crippen LogP contribution in [-0.2, 0) is 36.8 Å². The number of rotatable bonds is 22. The molecule has 6 aromatic rings. The molecule has 1 aromatic heterocycles. The number of nitrogens with one attached hydrogen (secondary N) is 5. The first kappa shape index (κ1) is 59.0. The van der Waals surface area contributed by atoms with E-state index in [1.54, 1.807) is 0 Å². The molecule has 0 spiro atoms. The summed E-state index contributed by atoms with van der Waals surface area (Å²) in [7, 11) is 0. The van der Waals surface area contributed by atoms with Crippen LogP contribution in [-0.4, -0.2) is 113 Å². The molecule has 3 aliphatic carbocycles. The van der Waals surface area contributed by atoms with Gasteiger partial charge in [0, 0.05) is 85.1 Å². The summed E-state index contributed by atoms with van der Waals surface area (Å²) in [5.74, 6) is 9.29. The van der Waals surface area contributed by atoms with Crippen molar-refractivity contribution in [1.82, 2.24) is 26.3 Å². The van der Waals surface area contributed by atoms with Gasteiger partial charge in [-0.1, -0.05) is 87.4 Å². The number of aliphatic hydroxyl groups excluding tert-OH is 2. The van der Waals surface area contributed by atoms with Gasteiger partial charge in [0.2, 0.25) is 0 Å². The third kappa shape index (κ3) is 12.3. The van der Waals surface area contributed by atoms with Crippen molar-refractivity contribution >= 4 is 17.0 Å². The second-order valence-corrected chi connectivity index (χ2v) is 25.6. The Kier molecular flexibility index (Phi) is 18.0. The number of H-pyrrole nitrogens is 1. The van der Waals surface area contributed by atoms with Crippen LogP contribution in [0.25, 0.3) is 28.1 Å². The van der Waals surface area contributed by atoms with Crippen LogP contribution in [0.2, 0.25) is 0 Å². The average Bonchev–Trinajstić information content (AvgIpc) is 0.865. The largest absolute Gasteiger partial charge is 0.507 e. The number of ether oxygens (including phenoxy) is 4. The summed E-state index contributed by atoms with van der Waals surface area (Å²) in [4.78, 5) is 3.42. The first-order chi connectivity index (χ1) is 41.4. The first-order valence-electron chi connectivity index (χ1n) is 31.6. The number of aromatic nitrogens is 1. The fraction of sp³-hybridized carbons (Fsp3) is 0.493. The number of aliphatic hydroxyl groups is 3. The number of phenols is 2. The maximum absolute atomic E-state index is 12.1. The molecule has 0 saturated heterocycles. The van der Waals surface area contributed by atoms with E-state index in [0.717, 1.165) is 106 Å². The van der Waals surface area contributed by atoms with E-state index < -0.39 is 29.5 Å². The Labute approximate surface area is 501 Å². The predicted molar refractivity (Wildman–Crippen MR) is 333 cm³/mol. The van der Waals surface area contributed by atoms with Gasteiger partial charge < -0.3 is 60.1 Å². The molecule has 7 atom stereocenters.